The van der Waals surface area contributed by atoms with Gasteiger partial charge in [-0.25, -0.2) is 0 Å². The lowest BCUT2D eigenvalue weighted by Gasteiger charge is -2.15. The van der Waals surface area contributed by atoms with Gasteiger partial charge in [-0.05, 0) is 29.5 Å². The second-order valence-corrected chi connectivity index (χ2v) is 3.80. The van der Waals surface area contributed by atoms with Crippen LogP contribution < -0.4 is 0 Å². The van der Waals surface area contributed by atoms with Crippen molar-refractivity contribution in [3.8, 4) is 0 Å². The second kappa shape index (κ2) is 5.48. The number of aryl methyl sites for hydroxylation is 1. The van der Waals surface area contributed by atoms with Gasteiger partial charge in [-0.3, -0.25) is 9.59 Å². The Kier molecular flexibility index (Phi) is 4.26. The molecule has 1 aromatic carbocycles. The lowest BCUT2D eigenvalue weighted by atomic mass is 9.89. The van der Waals surface area contributed by atoms with Gasteiger partial charge in [0.1, 0.15) is 0 Å². The maximum Gasteiger partial charge on any atom is 0.322 e. The predicted octanol–water partition coefficient (Wildman–Crippen LogP) is 2.06. The molecule has 0 fully saturated rings. The summed E-state index contributed by atoms with van der Waals surface area (Å²) in [5.74, 6) is -4.11. The number of carboxylic acids is 2. The molecular weight excluding hydrogens is 220 g/mol. The third-order valence-corrected chi connectivity index (χ3v) is 2.85. The summed E-state index contributed by atoms with van der Waals surface area (Å²) in [5, 5.41) is 18.0. The first-order valence-corrected chi connectivity index (χ1v) is 5.59. The maximum absolute atomic E-state index is 11.0. The normalized spacial score (nSPS) is 10.5. The molecule has 0 unspecified atom stereocenters. The third kappa shape index (κ3) is 2.64. The fourth-order valence-electron chi connectivity index (χ4n) is 2.06. The van der Waals surface area contributed by atoms with Crippen LogP contribution in [-0.4, -0.2) is 22.2 Å². The minimum absolute atomic E-state index is 0.395. The minimum atomic E-state index is -1.48. The molecule has 0 aliphatic heterocycles. The number of hydrogen-bond donors (Lipinski definition) is 2. The molecular formula is C13H16O4. The zero-order valence-corrected chi connectivity index (χ0v) is 9.93. The van der Waals surface area contributed by atoms with E-state index in [1.807, 2.05) is 19.9 Å². The fraction of sp³-hybridized carbons (Fsp3) is 0.385. The van der Waals surface area contributed by atoms with Crippen LogP contribution in [0.25, 0.3) is 0 Å². The van der Waals surface area contributed by atoms with Crippen LogP contribution in [0.2, 0.25) is 0 Å². The number of benzene rings is 1. The van der Waals surface area contributed by atoms with Crippen LogP contribution in [0.3, 0.4) is 0 Å². The van der Waals surface area contributed by atoms with E-state index in [0.29, 0.717) is 12.0 Å². The van der Waals surface area contributed by atoms with Crippen molar-refractivity contribution in [1.29, 1.82) is 0 Å². The van der Waals surface area contributed by atoms with E-state index in [1.165, 1.54) is 0 Å². The molecule has 0 saturated carbocycles. The summed E-state index contributed by atoms with van der Waals surface area (Å²) in [4.78, 5) is 22.1. The Morgan fingerprint density at radius 1 is 1.12 bits per heavy atom. The zero-order chi connectivity index (χ0) is 13.0. The molecule has 0 aliphatic rings. The number of carboxylic acid groups (broad SMARTS) is 2. The topological polar surface area (TPSA) is 74.6 Å². The SMILES string of the molecule is CCc1cccc(C(C(=O)O)C(=O)O)c1CC. The van der Waals surface area contributed by atoms with E-state index in [0.717, 1.165) is 17.5 Å². The summed E-state index contributed by atoms with van der Waals surface area (Å²) in [6, 6.07) is 5.21. The van der Waals surface area contributed by atoms with E-state index >= 15 is 0 Å². The molecule has 92 valence electrons. The first-order chi connectivity index (χ1) is 8.02. The van der Waals surface area contributed by atoms with Crippen LogP contribution in [0.1, 0.15) is 36.5 Å². The first-order valence-electron chi connectivity index (χ1n) is 5.59. The van der Waals surface area contributed by atoms with Crippen molar-refractivity contribution in [1.82, 2.24) is 0 Å². The highest BCUT2D eigenvalue weighted by molar-refractivity contribution is 5.99. The quantitative estimate of drug-likeness (QED) is 0.767. The summed E-state index contributed by atoms with van der Waals surface area (Å²) in [5.41, 5.74) is 2.24. The van der Waals surface area contributed by atoms with E-state index in [1.54, 1.807) is 12.1 Å². The van der Waals surface area contributed by atoms with E-state index in [4.69, 9.17) is 10.2 Å². The molecule has 1 rings (SSSR count). The summed E-state index contributed by atoms with van der Waals surface area (Å²) in [7, 11) is 0. The third-order valence-electron chi connectivity index (χ3n) is 2.85. The van der Waals surface area contributed by atoms with Gasteiger partial charge in [0.05, 0.1) is 0 Å². The number of carbonyl (C=O) groups is 2. The lowest BCUT2D eigenvalue weighted by molar-refractivity contribution is -0.150. The molecule has 1 aromatic rings. The van der Waals surface area contributed by atoms with Crippen LogP contribution in [0.15, 0.2) is 18.2 Å². The molecule has 0 atom stereocenters. The number of hydrogen-bond acceptors (Lipinski definition) is 2. The van der Waals surface area contributed by atoms with E-state index in [-0.39, 0.29) is 0 Å². The Hall–Kier alpha value is -1.84. The molecule has 0 bridgehead atoms. The lowest BCUT2D eigenvalue weighted by Crippen LogP contribution is -2.22. The molecule has 2 N–H and O–H groups in total. The molecule has 0 saturated heterocycles. The highest BCUT2D eigenvalue weighted by atomic mass is 16.4. The van der Waals surface area contributed by atoms with Gasteiger partial charge < -0.3 is 10.2 Å². The van der Waals surface area contributed by atoms with Gasteiger partial charge in [0.2, 0.25) is 0 Å². The van der Waals surface area contributed by atoms with Crippen molar-refractivity contribution in [3.63, 3.8) is 0 Å². The van der Waals surface area contributed by atoms with Crippen LogP contribution in [0.4, 0.5) is 0 Å². The van der Waals surface area contributed by atoms with Gasteiger partial charge in [-0.15, -0.1) is 0 Å². The summed E-state index contributed by atoms with van der Waals surface area (Å²) in [6.45, 7) is 3.87. The van der Waals surface area contributed by atoms with Crippen LogP contribution in [-0.2, 0) is 22.4 Å². The molecule has 0 radical (unpaired) electrons. The molecule has 0 heterocycles. The Balaban J connectivity index is 3.37. The zero-order valence-electron chi connectivity index (χ0n) is 9.93. The summed E-state index contributed by atoms with van der Waals surface area (Å²) >= 11 is 0. The van der Waals surface area contributed by atoms with Crippen molar-refractivity contribution in [2.45, 2.75) is 32.6 Å². The first kappa shape index (κ1) is 13.2. The minimum Gasteiger partial charge on any atom is -0.480 e. The van der Waals surface area contributed by atoms with E-state index in [9.17, 15) is 9.59 Å². The summed E-state index contributed by atoms with van der Waals surface area (Å²) in [6.07, 6.45) is 1.40. The number of rotatable bonds is 5. The Labute approximate surface area is 99.9 Å². The van der Waals surface area contributed by atoms with Gasteiger partial charge in [0.25, 0.3) is 0 Å². The molecule has 0 aliphatic carbocycles. The van der Waals surface area contributed by atoms with Crippen molar-refractivity contribution < 1.29 is 19.8 Å². The van der Waals surface area contributed by atoms with Crippen molar-refractivity contribution in [2.75, 3.05) is 0 Å². The molecule has 0 amide bonds. The van der Waals surface area contributed by atoms with Gasteiger partial charge in [0, 0.05) is 0 Å². The average molecular weight is 236 g/mol. The Bertz CT molecular complexity index is 423. The highest BCUT2D eigenvalue weighted by Crippen LogP contribution is 2.25. The highest BCUT2D eigenvalue weighted by Gasteiger charge is 2.30. The predicted molar refractivity (Wildman–Crippen MR) is 63.2 cm³/mol. The fourth-order valence-corrected chi connectivity index (χ4v) is 2.06. The molecule has 4 heteroatoms. The molecule has 4 nitrogen and oxygen atoms in total. The molecule has 0 spiro atoms. The van der Waals surface area contributed by atoms with Gasteiger partial charge in [-0.2, -0.15) is 0 Å². The van der Waals surface area contributed by atoms with Gasteiger partial charge in [0.15, 0.2) is 5.92 Å². The number of aliphatic carboxylic acids is 2. The average Bonchev–Trinajstić information content (AvgIpc) is 2.27. The smallest absolute Gasteiger partial charge is 0.322 e. The van der Waals surface area contributed by atoms with Crippen LogP contribution in [0.5, 0.6) is 0 Å². The van der Waals surface area contributed by atoms with Gasteiger partial charge in [-0.1, -0.05) is 32.0 Å². The standard InChI is InChI=1S/C13H16O4/c1-3-8-6-5-7-10(9(8)4-2)11(12(14)15)13(16)17/h5-7,11H,3-4H2,1-2H3,(H,14,15)(H,16,17). The molecule has 0 aromatic heterocycles. The monoisotopic (exact) mass is 236 g/mol. The van der Waals surface area contributed by atoms with Crippen LogP contribution in [0, 0.1) is 0 Å². The molecule has 17 heavy (non-hydrogen) atoms. The Morgan fingerprint density at radius 3 is 2.12 bits per heavy atom. The van der Waals surface area contributed by atoms with E-state index < -0.39 is 17.9 Å². The van der Waals surface area contributed by atoms with Crippen molar-refractivity contribution >= 4 is 11.9 Å². The van der Waals surface area contributed by atoms with Crippen molar-refractivity contribution in [3.05, 3.63) is 34.9 Å². The maximum atomic E-state index is 11.0. The van der Waals surface area contributed by atoms with Crippen molar-refractivity contribution in [2.24, 2.45) is 0 Å². The largest absolute Gasteiger partial charge is 0.480 e. The summed E-state index contributed by atoms with van der Waals surface area (Å²) < 4.78 is 0. The van der Waals surface area contributed by atoms with Crippen LogP contribution >= 0.6 is 0 Å². The Morgan fingerprint density at radius 2 is 1.71 bits per heavy atom. The van der Waals surface area contributed by atoms with E-state index in [2.05, 4.69) is 0 Å². The van der Waals surface area contributed by atoms with Gasteiger partial charge >= 0.3 is 11.9 Å². The second-order valence-electron chi connectivity index (χ2n) is 3.80.